The molecule has 0 unspecified atom stereocenters. The molecule has 0 saturated carbocycles. The number of halogens is 4. The molecule has 3 heterocycles. The highest BCUT2D eigenvalue weighted by atomic mass is 19.4. The van der Waals surface area contributed by atoms with Gasteiger partial charge in [-0.05, 0) is 24.3 Å². The van der Waals surface area contributed by atoms with Crippen LogP contribution in [0.15, 0.2) is 47.3 Å². The van der Waals surface area contributed by atoms with Crippen LogP contribution in [-0.4, -0.2) is 39.3 Å². The summed E-state index contributed by atoms with van der Waals surface area (Å²) in [5.74, 6) is -2.53. The first-order chi connectivity index (χ1) is 14.7. The maximum Gasteiger partial charge on any atom is 0.422 e. The first kappa shape index (κ1) is 20.3. The Kier molecular flexibility index (Phi) is 5.05. The SMILES string of the molecule is O=C(OCC(F)(F)F)c1ccc(F)c2cc(CNC(=O)c3cnn4cccnc34)oc12. The minimum absolute atomic E-state index is 0.0720. The van der Waals surface area contributed by atoms with Gasteiger partial charge in [0.1, 0.15) is 22.7 Å². The molecular weight excluding hydrogens is 424 g/mol. The zero-order valence-corrected chi connectivity index (χ0v) is 15.4. The quantitative estimate of drug-likeness (QED) is 0.381. The molecular formula is C19H12F4N4O4. The van der Waals surface area contributed by atoms with Crippen molar-refractivity contribution in [2.24, 2.45) is 0 Å². The number of furan rings is 1. The van der Waals surface area contributed by atoms with Crippen molar-refractivity contribution < 1.29 is 36.3 Å². The summed E-state index contributed by atoms with van der Waals surface area (Å²) in [5, 5.41) is 6.41. The van der Waals surface area contributed by atoms with E-state index in [1.807, 2.05) is 0 Å². The monoisotopic (exact) mass is 436 g/mol. The number of hydrogen-bond donors (Lipinski definition) is 1. The predicted octanol–water partition coefficient (Wildman–Crippen LogP) is 3.26. The van der Waals surface area contributed by atoms with Gasteiger partial charge in [0.2, 0.25) is 0 Å². The van der Waals surface area contributed by atoms with Crippen LogP contribution < -0.4 is 5.32 Å². The van der Waals surface area contributed by atoms with Gasteiger partial charge in [-0.25, -0.2) is 18.7 Å². The number of benzene rings is 1. The summed E-state index contributed by atoms with van der Waals surface area (Å²) in [6.07, 6.45) is -0.277. The lowest BCUT2D eigenvalue weighted by atomic mass is 10.1. The molecule has 1 aromatic carbocycles. The van der Waals surface area contributed by atoms with Crippen LogP contribution in [0.4, 0.5) is 17.6 Å². The predicted molar refractivity (Wildman–Crippen MR) is 96.7 cm³/mol. The summed E-state index contributed by atoms with van der Waals surface area (Å²) in [4.78, 5) is 28.5. The number of hydrogen-bond acceptors (Lipinski definition) is 6. The summed E-state index contributed by atoms with van der Waals surface area (Å²) in [6, 6.07) is 4.75. The lowest BCUT2D eigenvalue weighted by Gasteiger charge is -2.08. The lowest BCUT2D eigenvalue weighted by molar-refractivity contribution is -0.161. The van der Waals surface area contributed by atoms with Crippen LogP contribution in [0.1, 0.15) is 26.5 Å². The van der Waals surface area contributed by atoms with Crippen molar-refractivity contribution in [1.29, 1.82) is 0 Å². The van der Waals surface area contributed by atoms with E-state index in [0.29, 0.717) is 5.65 Å². The second-order valence-electron chi connectivity index (χ2n) is 6.37. The highest BCUT2D eigenvalue weighted by Gasteiger charge is 2.30. The van der Waals surface area contributed by atoms with Gasteiger partial charge in [-0.1, -0.05) is 0 Å². The van der Waals surface area contributed by atoms with Crippen LogP contribution in [0.25, 0.3) is 16.6 Å². The van der Waals surface area contributed by atoms with Crippen molar-refractivity contribution >= 4 is 28.5 Å². The molecule has 0 fully saturated rings. The largest absolute Gasteiger partial charge is 0.458 e. The smallest absolute Gasteiger partial charge is 0.422 e. The molecule has 0 aliphatic rings. The molecule has 160 valence electrons. The maximum absolute atomic E-state index is 14.1. The molecule has 4 rings (SSSR count). The number of carbonyl (C=O) groups excluding carboxylic acids is 2. The summed E-state index contributed by atoms with van der Waals surface area (Å²) in [5.41, 5.74) is -0.135. The van der Waals surface area contributed by atoms with Gasteiger partial charge in [-0.3, -0.25) is 4.79 Å². The Morgan fingerprint density at radius 2 is 2.03 bits per heavy atom. The number of nitrogens with zero attached hydrogens (tertiary/aromatic N) is 3. The molecule has 0 atom stereocenters. The molecule has 31 heavy (non-hydrogen) atoms. The number of alkyl halides is 3. The van der Waals surface area contributed by atoms with Gasteiger partial charge in [-0.15, -0.1) is 0 Å². The van der Waals surface area contributed by atoms with Gasteiger partial charge >= 0.3 is 12.1 Å². The molecule has 12 heteroatoms. The molecule has 4 aromatic rings. The van der Waals surface area contributed by atoms with Crippen molar-refractivity contribution in [3.05, 3.63) is 65.6 Å². The first-order valence-corrected chi connectivity index (χ1v) is 8.74. The van der Waals surface area contributed by atoms with Gasteiger partial charge in [0, 0.05) is 12.4 Å². The second-order valence-corrected chi connectivity index (χ2v) is 6.37. The fraction of sp³-hybridized carbons (Fsp3) is 0.158. The zero-order chi connectivity index (χ0) is 22.2. The fourth-order valence-corrected chi connectivity index (χ4v) is 2.86. The molecule has 0 spiro atoms. The summed E-state index contributed by atoms with van der Waals surface area (Å²) >= 11 is 0. The van der Waals surface area contributed by atoms with Crippen molar-refractivity contribution in [2.45, 2.75) is 12.7 Å². The van der Waals surface area contributed by atoms with E-state index in [1.165, 1.54) is 23.0 Å². The van der Waals surface area contributed by atoms with E-state index >= 15 is 0 Å². The average Bonchev–Trinajstić information content (AvgIpc) is 3.35. The van der Waals surface area contributed by atoms with Crippen LogP contribution in [0.3, 0.4) is 0 Å². The van der Waals surface area contributed by atoms with Crippen LogP contribution >= 0.6 is 0 Å². The Balaban J connectivity index is 1.54. The van der Waals surface area contributed by atoms with Crippen LogP contribution in [0, 0.1) is 5.82 Å². The molecule has 0 radical (unpaired) electrons. The van der Waals surface area contributed by atoms with Crippen molar-refractivity contribution in [3.63, 3.8) is 0 Å². The Bertz CT molecular complexity index is 1300. The lowest BCUT2D eigenvalue weighted by Crippen LogP contribution is -2.22. The topological polar surface area (TPSA) is 98.7 Å². The Hall–Kier alpha value is -3.96. The highest BCUT2D eigenvalue weighted by molar-refractivity contribution is 6.02. The molecule has 0 aliphatic carbocycles. The Morgan fingerprint density at radius 3 is 2.81 bits per heavy atom. The van der Waals surface area contributed by atoms with E-state index in [-0.39, 0.29) is 34.4 Å². The number of aromatic nitrogens is 3. The van der Waals surface area contributed by atoms with Crippen molar-refractivity contribution in [2.75, 3.05) is 6.61 Å². The molecule has 8 nitrogen and oxygen atoms in total. The van der Waals surface area contributed by atoms with Crippen LogP contribution in [0.2, 0.25) is 0 Å². The molecule has 0 saturated heterocycles. The third kappa shape index (κ3) is 4.17. The minimum Gasteiger partial charge on any atom is -0.458 e. The maximum atomic E-state index is 14.1. The number of esters is 1. The molecule has 3 aromatic heterocycles. The number of rotatable bonds is 5. The summed E-state index contributed by atoms with van der Waals surface area (Å²) in [6.45, 7) is -1.98. The van der Waals surface area contributed by atoms with E-state index in [4.69, 9.17) is 4.42 Å². The van der Waals surface area contributed by atoms with Crippen LogP contribution in [0.5, 0.6) is 0 Å². The minimum atomic E-state index is -4.71. The third-order valence-electron chi connectivity index (χ3n) is 4.22. The van der Waals surface area contributed by atoms with Crippen molar-refractivity contribution in [3.8, 4) is 0 Å². The van der Waals surface area contributed by atoms with E-state index in [1.54, 1.807) is 12.3 Å². The van der Waals surface area contributed by atoms with E-state index < -0.39 is 30.5 Å². The normalized spacial score (nSPS) is 11.7. The number of amides is 1. The summed E-state index contributed by atoms with van der Waals surface area (Å²) < 4.78 is 62.0. The van der Waals surface area contributed by atoms with Gasteiger partial charge < -0.3 is 14.5 Å². The van der Waals surface area contributed by atoms with Gasteiger partial charge in [-0.2, -0.15) is 18.3 Å². The zero-order valence-electron chi connectivity index (χ0n) is 15.4. The van der Waals surface area contributed by atoms with Gasteiger partial charge in [0.25, 0.3) is 5.91 Å². The Morgan fingerprint density at radius 1 is 1.23 bits per heavy atom. The first-order valence-electron chi connectivity index (χ1n) is 8.74. The van der Waals surface area contributed by atoms with Gasteiger partial charge in [0.15, 0.2) is 17.8 Å². The number of nitrogens with one attached hydrogen (secondary N) is 1. The Labute approximate surface area is 170 Å². The van der Waals surface area contributed by atoms with Crippen LogP contribution in [-0.2, 0) is 11.3 Å². The fourth-order valence-electron chi connectivity index (χ4n) is 2.86. The molecule has 0 bridgehead atoms. The van der Waals surface area contributed by atoms with E-state index in [0.717, 1.165) is 12.1 Å². The molecule has 0 aliphatic heterocycles. The molecule has 1 N–H and O–H groups in total. The standard InChI is InChI=1S/C19H12F4N4O4/c20-14-3-2-11(18(29)30-9-19(21,22)23)15-12(14)6-10(31-15)7-25-17(28)13-8-26-27-5-1-4-24-16(13)27/h1-6,8H,7,9H2,(H,25,28). The second kappa shape index (κ2) is 7.70. The number of fused-ring (bicyclic) bond motifs is 2. The third-order valence-corrected chi connectivity index (χ3v) is 4.22. The average molecular weight is 436 g/mol. The molecule has 1 amide bonds. The number of ether oxygens (including phenoxy) is 1. The van der Waals surface area contributed by atoms with Gasteiger partial charge in [0.05, 0.1) is 18.1 Å². The summed E-state index contributed by atoms with van der Waals surface area (Å²) in [7, 11) is 0. The number of carbonyl (C=O) groups is 2. The highest BCUT2D eigenvalue weighted by Crippen LogP contribution is 2.27. The van der Waals surface area contributed by atoms with E-state index in [9.17, 15) is 27.2 Å². The van der Waals surface area contributed by atoms with Crippen molar-refractivity contribution in [1.82, 2.24) is 19.9 Å². The van der Waals surface area contributed by atoms with E-state index in [2.05, 4.69) is 20.1 Å².